The highest BCUT2D eigenvalue weighted by Gasteiger charge is 2.17. The van der Waals surface area contributed by atoms with Gasteiger partial charge in [0, 0.05) is 6.07 Å². The highest BCUT2D eigenvalue weighted by atomic mass is 35.5. The Morgan fingerprint density at radius 3 is 2.46 bits per heavy atom. The molecule has 1 aromatic carbocycles. The molecule has 0 unspecified atom stereocenters. The molecule has 4 nitrogen and oxygen atoms in total. The van der Waals surface area contributed by atoms with E-state index in [9.17, 15) is 10.1 Å². The number of nitro benzene ring substituents is 1. The van der Waals surface area contributed by atoms with Crippen LogP contribution in [0.15, 0.2) is 12.1 Å². The molecular weight excluding hydrogens is 217 g/mol. The quantitative estimate of drug-likeness (QED) is 0.617. The predicted molar refractivity (Wildman–Crippen MR) is 49.0 cm³/mol. The number of hydrogen-bond donors (Lipinski definition) is 1. The van der Waals surface area contributed by atoms with Crippen molar-refractivity contribution < 1.29 is 10.0 Å². The van der Waals surface area contributed by atoms with Crippen LogP contribution in [0.1, 0.15) is 5.56 Å². The largest absolute Gasteiger partial charge is 0.392 e. The molecule has 1 rings (SSSR count). The standard InChI is InChI=1S/C7H5Cl2NO3/c8-6-4(3-11)1-2-5(7(6)9)10(12)13/h1-2,11H,3H2. The van der Waals surface area contributed by atoms with Gasteiger partial charge in [0.15, 0.2) is 0 Å². The van der Waals surface area contributed by atoms with Crippen LogP contribution in [0.25, 0.3) is 0 Å². The van der Waals surface area contributed by atoms with Gasteiger partial charge in [-0.2, -0.15) is 0 Å². The van der Waals surface area contributed by atoms with Crippen LogP contribution in [0, 0.1) is 10.1 Å². The van der Waals surface area contributed by atoms with Crippen LogP contribution < -0.4 is 0 Å². The number of aliphatic hydroxyl groups excluding tert-OH is 1. The van der Waals surface area contributed by atoms with Crippen molar-refractivity contribution in [2.75, 3.05) is 0 Å². The Morgan fingerprint density at radius 1 is 1.38 bits per heavy atom. The fraction of sp³-hybridized carbons (Fsp3) is 0.143. The number of halogens is 2. The zero-order chi connectivity index (χ0) is 10.0. The average Bonchev–Trinajstić information content (AvgIpc) is 2.09. The molecule has 1 N–H and O–H groups in total. The summed E-state index contributed by atoms with van der Waals surface area (Å²) in [5, 5.41) is 19.0. The van der Waals surface area contributed by atoms with Gasteiger partial charge in [0.05, 0.1) is 16.6 Å². The van der Waals surface area contributed by atoms with Gasteiger partial charge in [-0.25, -0.2) is 0 Å². The summed E-state index contributed by atoms with van der Waals surface area (Å²) in [5.74, 6) is 0. The molecule has 0 aliphatic rings. The number of benzene rings is 1. The van der Waals surface area contributed by atoms with Gasteiger partial charge in [-0.3, -0.25) is 10.1 Å². The van der Waals surface area contributed by atoms with Gasteiger partial charge in [-0.1, -0.05) is 23.2 Å². The summed E-state index contributed by atoms with van der Waals surface area (Å²) in [4.78, 5) is 9.74. The van der Waals surface area contributed by atoms with Crippen LogP contribution in [0.4, 0.5) is 5.69 Å². The third kappa shape index (κ3) is 1.91. The molecule has 1 aromatic rings. The van der Waals surface area contributed by atoms with Crippen LogP contribution in [-0.4, -0.2) is 10.0 Å². The van der Waals surface area contributed by atoms with E-state index in [0.717, 1.165) is 0 Å². The van der Waals surface area contributed by atoms with Gasteiger partial charge in [0.1, 0.15) is 5.02 Å². The van der Waals surface area contributed by atoms with Crippen LogP contribution in [0.2, 0.25) is 10.0 Å². The minimum Gasteiger partial charge on any atom is -0.392 e. The predicted octanol–water partition coefficient (Wildman–Crippen LogP) is 2.39. The minimum atomic E-state index is -0.630. The molecule has 0 bridgehead atoms. The summed E-state index contributed by atoms with van der Waals surface area (Å²) in [6, 6.07) is 2.58. The zero-order valence-electron chi connectivity index (χ0n) is 6.33. The summed E-state index contributed by atoms with van der Waals surface area (Å²) >= 11 is 11.2. The van der Waals surface area contributed by atoms with E-state index in [1.807, 2.05) is 0 Å². The van der Waals surface area contributed by atoms with Crippen molar-refractivity contribution in [2.24, 2.45) is 0 Å². The molecule has 6 heteroatoms. The second-order valence-corrected chi connectivity index (χ2v) is 3.04. The summed E-state index contributed by atoms with van der Waals surface area (Å²) in [6.07, 6.45) is 0. The second kappa shape index (κ2) is 3.91. The van der Waals surface area contributed by atoms with Crippen molar-refractivity contribution >= 4 is 28.9 Å². The van der Waals surface area contributed by atoms with E-state index in [1.54, 1.807) is 0 Å². The third-order valence-electron chi connectivity index (χ3n) is 1.51. The second-order valence-electron chi connectivity index (χ2n) is 2.29. The third-order valence-corrected chi connectivity index (χ3v) is 2.42. The molecule has 0 saturated heterocycles. The summed E-state index contributed by atoms with van der Waals surface area (Å²) in [6.45, 7) is -0.295. The fourth-order valence-corrected chi connectivity index (χ4v) is 1.32. The van der Waals surface area contributed by atoms with Crippen molar-refractivity contribution in [3.8, 4) is 0 Å². The Bertz CT molecular complexity index is 354. The Labute approximate surface area is 83.9 Å². The molecule has 0 saturated carbocycles. The normalized spacial score (nSPS) is 10.1. The Morgan fingerprint density at radius 2 is 2.00 bits per heavy atom. The van der Waals surface area contributed by atoms with Gasteiger partial charge < -0.3 is 5.11 Å². The molecule has 0 fully saturated rings. The van der Waals surface area contributed by atoms with Crippen LogP contribution in [0.3, 0.4) is 0 Å². The molecule has 13 heavy (non-hydrogen) atoms. The lowest BCUT2D eigenvalue weighted by atomic mass is 10.2. The first-order valence-electron chi connectivity index (χ1n) is 3.30. The van der Waals surface area contributed by atoms with Crippen LogP contribution in [-0.2, 0) is 6.61 Å². The van der Waals surface area contributed by atoms with E-state index in [2.05, 4.69) is 0 Å². The molecule has 0 aliphatic carbocycles. The van der Waals surface area contributed by atoms with Crippen LogP contribution >= 0.6 is 23.2 Å². The SMILES string of the molecule is O=[N+]([O-])c1ccc(CO)c(Cl)c1Cl. The lowest BCUT2D eigenvalue weighted by Gasteiger charge is -2.02. The summed E-state index contributed by atoms with van der Waals surface area (Å²) < 4.78 is 0. The highest BCUT2D eigenvalue weighted by molar-refractivity contribution is 6.43. The number of hydrogen-bond acceptors (Lipinski definition) is 3. The van der Waals surface area contributed by atoms with Crippen molar-refractivity contribution in [1.29, 1.82) is 0 Å². The van der Waals surface area contributed by atoms with Crippen molar-refractivity contribution in [3.63, 3.8) is 0 Å². The van der Waals surface area contributed by atoms with Gasteiger partial charge >= 0.3 is 0 Å². The number of nitro groups is 1. The van der Waals surface area contributed by atoms with Crippen molar-refractivity contribution in [1.82, 2.24) is 0 Å². The van der Waals surface area contributed by atoms with Crippen LogP contribution in [0.5, 0.6) is 0 Å². The lowest BCUT2D eigenvalue weighted by Crippen LogP contribution is -1.92. The minimum absolute atomic E-state index is 0.0263. The average molecular weight is 222 g/mol. The molecule has 0 radical (unpaired) electrons. The first-order chi connectivity index (χ1) is 6.07. The van der Waals surface area contributed by atoms with Crippen molar-refractivity contribution in [2.45, 2.75) is 6.61 Å². The first kappa shape index (κ1) is 10.2. The van der Waals surface area contributed by atoms with E-state index in [-0.39, 0.29) is 22.3 Å². The fourth-order valence-electron chi connectivity index (χ4n) is 0.842. The first-order valence-corrected chi connectivity index (χ1v) is 4.05. The highest BCUT2D eigenvalue weighted by Crippen LogP contribution is 2.34. The summed E-state index contributed by atoms with van der Waals surface area (Å²) in [7, 11) is 0. The maximum Gasteiger partial charge on any atom is 0.289 e. The van der Waals surface area contributed by atoms with Gasteiger partial charge in [0.25, 0.3) is 5.69 Å². The van der Waals surface area contributed by atoms with E-state index in [1.165, 1.54) is 12.1 Å². The van der Waals surface area contributed by atoms with E-state index < -0.39 is 4.92 Å². The Balaban J connectivity index is 3.31. The molecular formula is C7H5Cl2NO3. The zero-order valence-corrected chi connectivity index (χ0v) is 7.84. The van der Waals surface area contributed by atoms with Crippen molar-refractivity contribution in [3.05, 3.63) is 37.9 Å². The smallest absolute Gasteiger partial charge is 0.289 e. The van der Waals surface area contributed by atoms with E-state index in [0.29, 0.717) is 5.56 Å². The number of rotatable bonds is 2. The Hall–Kier alpha value is -0.840. The molecule has 0 amide bonds. The number of nitrogens with zero attached hydrogens (tertiary/aromatic N) is 1. The molecule has 0 spiro atoms. The Kier molecular flexibility index (Phi) is 3.08. The molecule has 0 aromatic heterocycles. The molecule has 0 heterocycles. The topological polar surface area (TPSA) is 63.4 Å². The monoisotopic (exact) mass is 221 g/mol. The summed E-state index contributed by atoms with van der Waals surface area (Å²) in [5.41, 5.74) is 0.112. The molecule has 0 atom stereocenters. The molecule has 70 valence electrons. The van der Waals surface area contributed by atoms with E-state index >= 15 is 0 Å². The van der Waals surface area contributed by atoms with Gasteiger partial charge in [-0.15, -0.1) is 0 Å². The maximum absolute atomic E-state index is 10.4. The number of aliphatic hydroxyl groups is 1. The lowest BCUT2D eigenvalue weighted by molar-refractivity contribution is -0.384. The van der Waals surface area contributed by atoms with E-state index in [4.69, 9.17) is 28.3 Å². The molecule has 0 aliphatic heterocycles. The van der Waals surface area contributed by atoms with Gasteiger partial charge in [-0.05, 0) is 11.6 Å². The maximum atomic E-state index is 10.4. The van der Waals surface area contributed by atoms with Gasteiger partial charge in [0.2, 0.25) is 0 Å².